The first-order chi connectivity index (χ1) is 28.5. The van der Waals surface area contributed by atoms with Gasteiger partial charge in [-0.25, -0.2) is 36.8 Å². The number of nitrogens with two attached hydrogens (primary N) is 1. The molecule has 7 aromatic rings. The maximum atomic E-state index is 13.2. The average Bonchev–Trinajstić information content (AvgIpc) is 3.49. The lowest BCUT2D eigenvalue weighted by atomic mass is 10.0. The van der Waals surface area contributed by atoms with Crippen LogP contribution in [0.5, 0.6) is 0 Å². The molecule has 0 saturated carbocycles. The number of fused-ring (bicyclic) bond motifs is 3. The molecule has 3 heterocycles. The number of carbonyl (C=O) groups excluding carboxylic acids is 2. The lowest BCUT2D eigenvalue weighted by Crippen LogP contribution is -2.33. The average molecular weight is 835 g/mol. The van der Waals surface area contributed by atoms with Gasteiger partial charge in [-0.15, -0.1) is 0 Å². The summed E-state index contributed by atoms with van der Waals surface area (Å²) in [6.07, 6.45) is 2.24. The molecule has 0 aliphatic carbocycles. The first kappa shape index (κ1) is 40.9. The molecule has 1 aliphatic heterocycles. The summed E-state index contributed by atoms with van der Waals surface area (Å²) in [5.74, 6) is -0.929. The second-order valence-corrected chi connectivity index (χ2v) is 18.0. The van der Waals surface area contributed by atoms with E-state index < -0.39 is 43.6 Å². The highest BCUT2D eigenvalue weighted by Gasteiger charge is 2.40. The van der Waals surface area contributed by atoms with Crippen molar-refractivity contribution in [1.29, 1.82) is 10.5 Å². The Hall–Kier alpha value is -7.24. The monoisotopic (exact) mass is 834 g/mol. The van der Waals surface area contributed by atoms with Crippen molar-refractivity contribution in [3.8, 4) is 34.7 Å². The number of sulfone groups is 2. The van der Waals surface area contributed by atoms with Crippen molar-refractivity contribution in [2.75, 3.05) is 12.5 Å². The molecule has 298 valence electrons. The van der Waals surface area contributed by atoms with Crippen molar-refractivity contribution >= 4 is 53.6 Å². The van der Waals surface area contributed by atoms with Crippen LogP contribution in [0.15, 0.2) is 119 Å². The lowest BCUT2D eigenvalue weighted by Gasteiger charge is -2.24. The topological polar surface area (TPSA) is 231 Å². The highest BCUT2D eigenvalue weighted by molar-refractivity contribution is 7.91. The number of amides is 2. The zero-order valence-electron chi connectivity index (χ0n) is 32.5. The smallest absolute Gasteiger partial charge is 0.262 e. The van der Waals surface area contributed by atoms with E-state index >= 15 is 0 Å². The SMILES string of the molecule is C[C@@H](c1nc2cccc(C#N)c2nc1-c1ccccc1S(C)(=O)=O)N1C(=O)c2ccccc2C1=O.C[C@H](N)c1nc2cccc(C#N)c2nc1-c1ccccc1S(C)(=O)=O. The molecule has 0 bridgehead atoms. The fraction of sp³-hybridized carbons (Fsp3) is 0.136. The highest BCUT2D eigenvalue weighted by Crippen LogP contribution is 2.38. The maximum Gasteiger partial charge on any atom is 0.262 e. The molecule has 1 aliphatic rings. The molecule has 2 atom stereocenters. The molecule has 2 N–H and O–H groups in total. The number of para-hydroxylation sites is 2. The minimum absolute atomic E-state index is 0.0268. The summed E-state index contributed by atoms with van der Waals surface area (Å²) in [7, 11) is -7.12. The van der Waals surface area contributed by atoms with Crippen LogP contribution in [0.25, 0.3) is 44.6 Å². The van der Waals surface area contributed by atoms with Gasteiger partial charge in [0.15, 0.2) is 19.7 Å². The van der Waals surface area contributed by atoms with Crippen LogP contribution in [0.3, 0.4) is 0 Å². The Morgan fingerprint density at radius 3 is 1.33 bits per heavy atom. The van der Waals surface area contributed by atoms with Crippen LogP contribution in [-0.4, -0.2) is 66.0 Å². The van der Waals surface area contributed by atoms with Gasteiger partial charge in [-0.1, -0.05) is 60.7 Å². The van der Waals surface area contributed by atoms with E-state index in [2.05, 4.69) is 27.1 Å². The van der Waals surface area contributed by atoms with Crippen molar-refractivity contribution in [1.82, 2.24) is 24.8 Å². The first-order valence-corrected chi connectivity index (χ1v) is 22.1. The van der Waals surface area contributed by atoms with Crippen LogP contribution in [0.1, 0.15) is 69.2 Å². The second kappa shape index (κ2) is 15.8. The minimum atomic E-state index is -3.66. The second-order valence-electron chi connectivity index (χ2n) is 14.0. The summed E-state index contributed by atoms with van der Waals surface area (Å²) in [5, 5.41) is 18.9. The quantitative estimate of drug-likeness (QED) is 0.169. The molecule has 0 unspecified atom stereocenters. The normalized spacial score (nSPS) is 13.6. The standard InChI is InChI=1S/C26H18N4O4S.C18H16N4O2S/c1-15(30-25(31)17-9-3-4-10-18(17)26(30)32)22-24(19-11-5-6-13-21(19)35(2,33)34)29-23-16(14-27)8-7-12-20(23)28-22;1-11(20)16-18(13-7-3-4-9-15(13)25(2,23)24)22-17-12(10-19)6-5-8-14(17)21-16/h3-13,15H,1-2H3;3-9,11H,20H2,1-2H3/t15-;11-/m00/s1. The van der Waals surface area contributed by atoms with Crippen molar-refractivity contribution < 1.29 is 26.4 Å². The van der Waals surface area contributed by atoms with Crippen molar-refractivity contribution in [2.24, 2.45) is 5.73 Å². The van der Waals surface area contributed by atoms with Crippen LogP contribution in [0.2, 0.25) is 0 Å². The Bertz CT molecular complexity index is 3210. The zero-order valence-corrected chi connectivity index (χ0v) is 34.2. The third-order valence-electron chi connectivity index (χ3n) is 9.81. The molecule has 0 fully saturated rings. The number of hydrogen-bond donors (Lipinski definition) is 1. The summed E-state index contributed by atoms with van der Waals surface area (Å²) in [6, 6.07) is 32.4. The Kier molecular flexibility index (Phi) is 10.8. The third-order valence-corrected chi connectivity index (χ3v) is 12.1. The van der Waals surface area contributed by atoms with Crippen molar-refractivity contribution in [3.05, 3.63) is 143 Å². The first-order valence-electron chi connectivity index (χ1n) is 18.3. The van der Waals surface area contributed by atoms with Gasteiger partial charge in [-0.3, -0.25) is 14.5 Å². The van der Waals surface area contributed by atoms with Gasteiger partial charge in [0.1, 0.15) is 23.2 Å². The predicted molar refractivity (Wildman–Crippen MR) is 224 cm³/mol. The van der Waals surface area contributed by atoms with E-state index in [0.29, 0.717) is 55.7 Å². The molecular formula is C44H34N8O6S2. The number of nitriles is 2. The van der Waals surface area contributed by atoms with E-state index in [9.17, 15) is 36.9 Å². The third kappa shape index (κ3) is 7.46. The molecule has 0 spiro atoms. The van der Waals surface area contributed by atoms with E-state index in [0.717, 1.165) is 17.4 Å². The number of aromatic nitrogens is 4. The molecule has 60 heavy (non-hydrogen) atoms. The largest absolute Gasteiger partial charge is 0.323 e. The summed E-state index contributed by atoms with van der Waals surface area (Å²) in [6.45, 7) is 3.41. The molecule has 16 heteroatoms. The van der Waals surface area contributed by atoms with Gasteiger partial charge < -0.3 is 5.73 Å². The zero-order chi connectivity index (χ0) is 43.1. The number of rotatable bonds is 7. The van der Waals surface area contributed by atoms with E-state index in [1.165, 1.54) is 12.1 Å². The molecule has 2 amide bonds. The van der Waals surface area contributed by atoms with Crippen LogP contribution in [-0.2, 0) is 19.7 Å². The van der Waals surface area contributed by atoms with Crippen LogP contribution in [0.4, 0.5) is 0 Å². The summed E-state index contributed by atoms with van der Waals surface area (Å²) in [5.41, 5.74) is 11.0. The predicted octanol–water partition coefficient (Wildman–Crippen LogP) is 6.52. The van der Waals surface area contributed by atoms with Gasteiger partial charge >= 0.3 is 0 Å². The highest BCUT2D eigenvalue weighted by atomic mass is 32.2. The van der Waals surface area contributed by atoms with E-state index in [1.807, 2.05) is 0 Å². The number of imide groups is 1. The summed E-state index contributed by atoms with van der Waals surface area (Å²) >= 11 is 0. The van der Waals surface area contributed by atoms with Crippen molar-refractivity contribution in [2.45, 2.75) is 35.7 Å². The molecule has 0 radical (unpaired) electrons. The van der Waals surface area contributed by atoms with Gasteiger partial charge in [0.25, 0.3) is 11.8 Å². The fourth-order valence-corrected chi connectivity index (χ4v) is 8.80. The van der Waals surface area contributed by atoms with Crippen molar-refractivity contribution in [3.63, 3.8) is 0 Å². The minimum Gasteiger partial charge on any atom is -0.323 e. The van der Waals surface area contributed by atoms with E-state index in [4.69, 9.17) is 10.7 Å². The Labute approximate surface area is 345 Å². The molecule has 8 rings (SSSR count). The number of hydrogen-bond acceptors (Lipinski definition) is 13. The Morgan fingerprint density at radius 1 is 0.550 bits per heavy atom. The van der Waals surface area contributed by atoms with Gasteiger partial charge in [0, 0.05) is 29.7 Å². The number of carbonyl (C=O) groups is 2. The Balaban J connectivity index is 0.000000192. The van der Waals surface area contributed by atoms with Gasteiger partial charge in [-0.2, -0.15) is 10.5 Å². The molecule has 0 saturated heterocycles. The molecular weight excluding hydrogens is 801 g/mol. The van der Waals surface area contributed by atoms with Crippen LogP contribution < -0.4 is 5.73 Å². The number of benzene rings is 5. The molecule has 5 aromatic carbocycles. The fourth-order valence-electron chi connectivity index (χ4n) is 7.02. The summed E-state index contributed by atoms with van der Waals surface area (Å²) < 4.78 is 49.5. The van der Waals surface area contributed by atoms with Crippen LogP contribution >= 0.6 is 0 Å². The Morgan fingerprint density at radius 2 is 0.933 bits per heavy atom. The molecule has 14 nitrogen and oxygen atoms in total. The van der Waals surface area contributed by atoms with Crippen LogP contribution in [0, 0.1) is 22.7 Å². The number of nitrogens with zero attached hydrogens (tertiary/aromatic N) is 7. The van der Waals surface area contributed by atoms with E-state index in [1.54, 1.807) is 111 Å². The lowest BCUT2D eigenvalue weighted by molar-refractivity contribution is 0.0592. The molecule has 2 aromatic heterocycles. The van der Waals surface area contributed by atoms with E-state index in [-0.39, 0.29) is 32.3 Å². The summed E-state index contributed by atoms with van der Waals surface area (Å²) in [4.78, 5) is 46.2. The van der Waals surface area contributed by atoms with Gasteiger partial charge in [0.05, 0.1) is 71.9 Å². The maximum absolute atomic E-state index is 13.2. The van der Waals surface area contributed by atoms with Gasteiger partial charge in [0.2, 0.25) is 0 Å². The van der Waals surface area contributed by atoms with Gasteiger partial charge in [-0.05, 0) is 62.4 Å².